The second-order valence-corrected chi connectivity index (χ2v) is 7.73. The molecular formula is C14H16F3NO3S. The summed E-state index contributed by atoms with van der Waals surface area (Å²) in [5.74, 6) is -2.68. The highest BCUT2D eigenvalue weighted by atomic mass is 32.2. The molecule has 4 nitrogen and oxygen atoms in total. The van der Waals surface area contributed by atoms with E-state index < -0.39 is 33.7 Å². The molecule has 2 rings (SSSR count). The van der Waals surface area contributed by atoms with Gasteiger partial charge in [0.05, 0.1) is 17.5 Å². The first-order valence-electron chi connectivity index (χ1n) is 6.69. The van der Waals surface area contributed by atoms with E-state index in [1.54, 1.807) is 19.9 Å². The fraction of sp³-hybridized carbons (Fsp3) is 0.500. The Morgan fingerprint density at radius 1 is 1.23 bits per heavy atom. The van der Waals surface area contributed by atoms with Crippen molar-refractivity contribution in [1.82, 2.24) is 0 Å². The van der Waals surface area contributed by atoms with Gasteiger partial charge in [-0.25, -0.2) is 8.42 Å². The summed E-state index contributed by atoms with van der Waals surface area (Å²) in [5, 5.41) is 0. The van der Waals surface area contributed by atoms with E-state index in [1.807, 2.05) is 0 Å². The molecule has 1 amide bonds. The summed E-state index contributed by atoms with van der Waals surface area (Å²) in [6, 6.07) is 3.52. The van der Waals surface area contributed by atoms with Crippen molar-refractivity contribution in [3.8, 4) is 0 Å². The highest BCUT2D eigenvalue weighted by Crippen LogP contribution is 2.30. The Kier molecular flexibility index (Phi) is 4.25. The van der Waals surface area contributed by atoms with Crippen LogP contribution >= 0.6 is 0 Å². The molecule has 0 bridgehead atoms. The van der Waals surface area contributed by atoms with Gasteiger partial charge in [-0.2, -0.15) is 13.2 Å². The molecule has 0 aromatic heterocycles. The Labute approximate surface area is 126 Å². The summed E-state index contributed by atoms with van der Waals surface area (Å²) >= 11 is 0. The lowest BCUT2D eigenvalue weighted by Gasteiger charge is -2.29. The van der Waals surface area contributed by atoms with Crippen LogP contribution in [0, 0.1) is 13.8 Å². The number of halogens is 3. The van der Waals surface area contributed by atoms with Crippen LogP contribution in [0.2, 0.25) is 0 Å². The van der Waals surface area contributed by atoms with E-state index in [-0.39, 0.29) is 17.9 Å². The summed E-state index contributed by atoms with van der Waals surface area (Å²) in [7, 11) is -3.41. The SMILES string of the molecule is Cc1ccc(N(C(=O)C(F)(F)F)C2CCS(=O)(=O)C2)cc1C. The molecule has 0 aliphatic carbocycles. The second-order valence-electron chi connectivity index (χ2n) is 5.50. The number of carbonyl (C=O) groups excluding carboxylic acids is 1. The molecule has 1 fully saturated rings. The summed E-state index contributed by atoms with van der Waals surface area (Å²) in [6.07, 6.45) is -5.04. The number of hydrogen-bond donors (Lipinski definition) is 0. The van der Waals surface area contributed by atoms with Gasteiger partial charge < -0.3 is 4.90 Å². The number of alkyl halides is 3. The van der Waals surface area contributed by atoms with E-state index in [9.17, 15) is 26.4 Å². The maximum atomic E-state index is 12.9. The van der Waals surface area contributed by atoms with E-state index in [4.69, 9.17) is 0 Å². The van der Waals surface area contributed by atoms with Crippen LogP contribution in [0.4, 0.5) is 18.9 Å². The van der Waals surface area contributed by atoms with Crippen LogP contribution in [-0.4, -0.2) is 38.0 Å². The molecular weight excluding hydrogens is 319 g/mol. The normalized spacial score (nSPS) is 20.9. The number of anilines is 1. The first kappa shape index (κ1) is 16.8. The second kappa shape index (κ2) is 5.57. The number of rotatable bonds is 2. The fourth-order valence-electron chi connectivity index (χ4n) is 2.48. The summed E-state index contributed by atoms with van der Waals surface area (Å²) < 4.78 is 61.7. The van der Waals surface area contributed by atoms with Gasteiger partial charge in [-0.1, -0.05) is 6.07 Å². The molecule has 1 aliphatic rings. The quantitative estimate of drug-likeness (QED) is 0.834. The molecule has 1 aromatic rings. The van der Waals surface area contributed by atoms with Crippen molar-refractivity contribution in [1.29, 1.82) is 0 Å². The maximum Gasteiger partial charge on any atom is 0.471 e. The number of sulfone groups is 1. The Morgan fingerprint density at radius 3 is 2.32 bits per heavy atom. The molecule has 0 radical (unpaired) electrons. The average Bonchev–Trinajstić information content (AvgIpc) is 2.73. The van der Waals surface area contributed by atoms with E-state index in [0.29, 0.717) is 4.90 Å². The zero-order chi connectivity index (χ0) is 16.7. The van der Waals surface area contributed by atoms with Gasteiger partial charge in [0.2, 0.25) is 0 Å². The lowest BCUT2D eigenvalue weighted by atomic mass is 10.1. The zero-order valence-electron chi connectivity index (χ0n) is 12.1. The van der Waals surface area contributed by atoms with Gasteiger partial charge in [-0.05, 0) is 43.5 Å². The highest BCUT2D eigenvalue weighted by molar-refractivity contribution is 7.91. The van der Waals surface area contributed by atoms with Gasteiger partial charge in [-0.3, -0.25) is 4.79 Å². The Bertz CT molecular complexity index is 698. The maximum absolute atomic E-state index is 12.9. The minimum Gasteiger partial charge on any atom is -0.300 e. The van der Waals surface area contributed by atoms with Crippen molar-refractivity contribution >= 4 is 21.4 Å². The van der Waals surface area contributed by atoms with Crippen LogP contribution in [0.5, 0.6) is 0 Å². The minimum atomic E-state index is -5.05. The predicted octanol–water partition coefficient (Wildman–Crippen LogP) is 2.39. The number of hydrogen-bond acceptors (Lipinski definition) is 3. The van der Waals surface area contributed by atoms with Crippen molar-refractivity contribution in [3.63, 3.8) is 0 Å². The van der Waals surface area contributed by atoms with Crippen molar-refractivity contribution in [2.75, 3.05) is 16.4 Å². The van der Waals surface area contributed by atoms with Crippen molar-refractivity contribution in [2.24, 2.45) is 0 Å². The van der Waals surface area contributed by atoms with E-state index in [0.717, 1.165) is 11.1 Å². The molecule has 1 aromatic carbocycles. The monoisotopic (exact) mass is 335 g/mol. The fourth-order valence-corrected chi connectivity index (χ4v) is 4.18. The van der Waals surface area contributed by atoms with Gasteiger partial charge in [0, 0.05) is 5.69 Å². The first-order chi connectivity index (χ1) is 10.0. The summed E-state index contributed by atoms with van der Waals surface area (Å²) in [4.78, 5) is 12.3. The first-order valence-corrected chi connectivity index (χ1v) is 8.51. The van der Waals surface area contributed by atoms with Crippen molar-refractivity contribution in [2.45, 2.75) is 32.5 Å². The number of aryl methyl sites for hydroxylation is 2. The van der Waals surface area contributed by atoms with E-state index in [2.05, 4.69) is 0 Å². The Hall–Kier alpha value is -1.57. The highest BCUT2D eigenvalue weighted by Gasteiger charge is 2.47. The van der Waals surface area contributed by atoms with Crippen molar-refractivity contribution < 1.29 is 26.4 Å². The number of benzene rings is 1. The molecule has 8 heteroatoms. The topological polar surface area (TPSA) is 54.5 Å². The molecule has 1 saturated heterocycles. The molecule has 122 valence electrons. The lowest BCUT2D eigenvalue weighted by molar-refractivity contribution is -0.170. The van der Waals surface area contributed by atoms with Crippen LogP contribution in [0.1, 0.15) is 17.5 Å². The third kappa shape index (κ3) is 3.43. The largest absolute Gasteiger partial charge is 0.471 e. The van der Waals surface area contributed by atoms with Crippen LogP contribution < -0.4 is 4.90 Å². The van der Waals surface area contributed by atoms with Crippen LogP contribution in [0.3, 0.4) is 0 Å². The minimum absolute atomic E-state index is 0.0110. The molecule has 0 saturated carbocycles. The smallest absolute Gasteiger partial charge is 0.300 e. The summed E-state index contributed by atoms with van der Waals surface area (Å²) in [5.41, 5.74) is 1.69. The van der Waals surface area contributed by atoms with Gasteiger partial charge in [0.25, 0.3) is 0 Å². The Morgan fingerprint density at radius 2 is 1.86 bits per heavy atom. The van der Waals surface area contributed by atoms with Gasteiger partial charge in [0.15, 0.2) is 9.84 Å². The number of nitrogens with zero attached hydrogens (tertiary/aromatic N) is 1. The molecule has 0 spiro atoms. The van der Waals surface area contributed by atoms with E-state index >= 15 is 0 Å². The number of carbonyl (C=O) groups is 1. The molecule has 1 unspecified atom stereocenters. The zero-order valence-corrected chi connectivity index (χ0v) is 13.0. The van der Waals surface area contributed by atoms with Crippen molar-refractivity contribution in [3.05, 3.63) is 29.3 Å². The van der Waals surface area contributed by atoms with E-state index in [1.165, 1.54) is 12.1 Å². The molecule has 0 N–H and O–H groups in total. The van der Waals surface area contributed by atoms with Crippen LogP contribution in [0.15, 0.2) is 18.2 Å². The summed E-state index contributed by atoms with van der Waals surface area (Å²) in [6.45, 7) is 3.52. The van der Waals surface area contributed by atoms with Crippen LogP contribution in [-0.2, 0) is 14.6 Å². The van der Waals surface area contributed by atoms with Crippen LogP contribution in [0.25, 0.3) is 0 Å². The molecule has 1 heterocycles. The average molecular weight is 335 g/mol. The Balaban J connectivity index is 2.46. The van der Waals surface area contributed by atoms with Gasteiger partial charge >= 0.3 is 12.1 Å². The molecule has 22 heavy (non-hydrogen) atoms. The molecule has 1 aliphatic heterocycles. The third-order valence-corrected chi connectivity index (χ3v) is 5.55. The predicted molar refractivity (Wildman–Crippen MR) is 76.5 cm³/mol. The number of amides is 1. The third-order valence-electron chi connectivity index (χ3n) is 3.80. The lowest BCUT2D eigenvalue weighted by Crippen LogP contribution is -2.48. The molecule has 1 atom stereocenters. The van der Waals surface area contributed by atoms with Gasteiger partial charge in [0.1, 0.15) is 0 Å². The standard InChI is InChI=1S/C14H16F3NO3S/c1-9-3-4-11(7-10(9)2)18(13(19)14(15,16)17)12-5-6-22(20,21)8-12/h3-4,7,12H,5-6,8H2,1-2H3. The van der Waals surface area contributed by atoms with Gasteiger partial charge in [-0.15, -0.1) is 0 Å².